The van der Waals surface area contributed by atoms with Crippen LogP contribution in [0.4, 0.5) is 5.69 Å². The zero-order valence-corrected chi connectivity index (χ0v) is 23.1. The van der Waals surface area contributed by atoms with Crippen LogP contribution in [0, 0.1) is 0 Å². The van der Waals surface area contributed by atoms with Crippen molar-refractivity contribution in [3.8, 4) is 5.75 Å². The van der Waals surface area contributed by atoms with Gasteiger partial charge in [-0.3, -0.25) is 24.0 Å². The third-order valence-electron chi connectivity index (χ3n) is 6.32. The first-order valence-electron chi connectivity index (χ1n) is 13.1. The van der Waals surface area contributed by atoms with Crippen molar-refractivity contribution in [2.24, 2.45) is 0 Å². The standard InChI is InChI=1S/C30H34N4O7/c1-18(31-26(35)13-14-27(36)37)28(38)32-19(2)29(39)34-24(15-20-9-5-4-6-10-20)30(40)33-22-16-21-11-7-8-12-23(21)25(17-22)41-3/h4-12,16-19,24H,13-15H2,1-3H3,(H,31,35)(H,32,38)(H,33,40)(H,34,39)(H,36,37)/t18-,19-,24-/m0/s1. The fraction of sp³-hybridized carbons (Fsp3) is 0.300. The number of hydrogen-bond donors (Lipinski definition) is 5. The van der Waals surface area contributed by atoms with E-state index in [-0.39, 0.29) is 19.3 Å². The fourth-order valence-corrected chi connectivity index (χ4v) is 4.11. The molecule has 0 unspecified atom stereocenters. The van der Waals surface area contributed by atoms with Crippen LogP contribution in [0.5, 0.6) is 5.75 Å². The third kappa shape index (κ3) is 9.06. The summed E-state index contributed by atoms with van der Waals surface area (Å²) in [6.45, 7) is 2.87. The second-order valence-corrected chi connectivity index (χ2v) is 9.55. The van der Waals surface area contributed by atoms with Gasteiger partial charge in [-0.15, -0.1) is 0 Å². The van der Waals surface area contributed by atoms with Gasteiger partial charge in [0.2, 0.25) is 23.6 Å². The Morgan fingerprint density at radius 3 is 2.10 bits per heavy atom. The molecule has 0 bridgehead atoms. The van der Waals surface area contributed by atoms with E-state index in [1.165, 1.54) is 13.8 Å². The SMILES string of the molecule is COc1cc(NC(=O)[C@H](Cc2ccccc2)NC(=O)[C@H](C)NC(=O)[C@H](C)NC(=O)CCC(=O)O)cc2ccccc12. The number of anilines is 1. The number of carboxylic acid groups (broad SMARTS) is 1. The summed E-state index contributed by atoms with van der Waals surface area (Å²) in [4.78, 5) is 61.5. The Hall–Kier alpha value is -4.93. The van der Waals surface area contributed by atoms with Crippen molar-refractivity contribution in [1.29, 1.82) is 0 Å². The van der Waals surface area contributed by atoms with Crippen molar-refractivity contribution >= 4 is 46.1 Å². The van der Waals surface area contributed by atoms with E-state index in [9.17, 15) is 24.0 Å². The molecule has 0 aromatic heterocycles. The van der Waals surface area contributed by atoms with Crippen LogP contribution in [0.3, 0.4) is 0 Å². The molecule has 0 spiro atoms. The average molecular weight is 563 g/mol. The number of benzene rings is 3. The van der Waals surface area contributed by atoms with Gasteiger partial charge >= 0.3 is 5.97 Å². The lowest BCUT2D eigenvalue weighted by atomic mass is 10.0. The lowest BCUT2D eigenvalue weighted by Gasteiger charge is -2.23. The fourth-order valence-electron chi connectivity index (χ4n) is 4.11. The number of carbonyl (C=O) groups excluding carboxylic acids is 4. The lowest BCUT2D eigenvalue weighted by molar-refractivity contribution is -0.139. The number of methoxy groups -OCH3 is 1. The van der Waals surface area contributed by atoms with Crippen LogP contribution in [-0.4, -0.2) is 59.9 Å². The summed E-state index contributed by atoms with van der Waals surface area (Å²) in [6, 6.07) is 17.3. The average Bonchev–Trinajstić information content (AvgIpc) is 2.95. The van der Waals surface area contributed by atoms with E-state index in [0.29, 0.717) is 11.4 Å². The molecule has 0 heterocycles. The molecule has 0 fully saturated rings. The molecular formula is C30H34N4O7. The van der Waals surface area contributed by atoms with Crippen molar-refractivity contribution in [3.05, 3.63) is 72.3 Å². The predicted molar refractivity (Wildman–Crippen MR) is 153 cm³/mol. The van der Waals surface area contributed by atoms with E-state index >= 15 is 0 Å². The number of nitrogens with one attached hydrogen (secondary N) is 4. The molecule has 11 heteroatoms. The molecule has 0 aliphatic rings. The Labute approximate surface area is 237 Å². The first kappa shape index (κ1) is 30.6. The van der Waals surface area contributed by atoms with Gasteiger partial charge in [-0.05, 0) is 30.9 Å². The van der Waals surface area contributed by atoms with Gasteiger partial charge in [-0.25, -0.2) is 0 Å². The minimum absolute atomic E-state index is 0.194. The van der Waals surface area contributed by atoms with E-state index in [1.807, 2.05) is 60.7 Å². The van der Waals surface area contributed by atoms with Gasteiger partial charge < -0.3 is 31.1 Å². The number of amides is 4. The number of ether oxygens (including phenoxy) is 1. The highest BCUT2D eigenvalue weighted by Gasteiger charge is 2.26. The van der Waals surface area contributed by atoms with Crippen LogP contribution in [0.25, 0.3) is 10.8 Å². The quantitative estimate of drug-likeness (QED) is 0.214. The molecule has 4 amide bonds. The highest BCUT2D eigenvalue weighted by atomic mass is 16.5. The molecule has 0 saturated heterocycles. The number of carbonyl (C=O) groups is 5. The highest BCUT2D eigenvalue weighted by Crippen LogP contribution is 2.29. The monoisotopic (exact) mass is 562 g/mol. The van der Waals surface area contributed by atoms with Crippen molar-refractivity contribution in [2.45, 2.75) is 51.2 Å². The van der Waals surface area contributed by atoms with Gasteiger partial charge in [0.25, 0.3) is 0 Å². The molecule has 5 N–H and O–H groups in total. The second-order valence-electron chi connectivity index (χ2n) is 9.55. The zero-order valence-electron chi connectivity index (χ0n) is 23.1. The lowest BCUT2D eigenvalue weighted by Crippen LogP contribution is -2.55. The Kier molecular flexibility index (Phi) is 10.8. The maximum Gasteiger partial charge on any atom is 0.303 e. The van der Waals surface area contributed by atoms with Crippen LogP contribution < -0.4 is 26.0 Å². The molecule has 0 aliphatic carbocycles. The Bertz CT molecular complexity index is 1410. The number of fused-ring (bicyclic) bond motifs is 1. The van der Waals surface area contributed by atoms with E-state index in [1.54, 1.807) is 13.2 Å². The Morgan fingerprint density at radius 1 is 0.780 bits per heavy atom. The Morgan fingerprint density at radius 2 is 1.41 bits per heavy atom. The first-order chi connectivity index (χ1) is 19.6. The van der Waals surface area contributed by atoms with Crippen LogP contribution in [0.1, 0.15) is 32.3 Å². The van der Waals surface area contributed by atoms with Gasteiger partial charge in [0, 0.05) is 30.0 Å². The van der Waals surface area contributed by atoms with Crippen LogP contribution in [0.2, 0.25) is 0 Å². The van der Waals surface area contributed by atoms with Gasteiger partial charge in [0.1, 0.15) is 23.9 Å². The molecular weight excluding hydrogens is 528 g/mol. The molecule has 3 atom stereocenters. The maximum atomic E-state index is 13.4. The van der Waals surface area contributed by atoms with Gasteiger partial charge in [0.15, 0.2) is 0 Å². The second kappa shape index (κ2) is 14.5. The van der Waals surface area contributed by atoms with Crippen molar-refractivity contribution in [3.63, 3.8) is 0 Å². The maximum absolute atomic E-state index is 13.4. The van der Waals surface area contributed by atoms with Crippen LogP contribution >= 0.6 is 0 Å². The minimum Gasteiger partial charge on any atom is -0.496 e. The molecule has 0 radical (unpaired) electrons. The largest absolute Gasteiger partial charge is 0.496 e. The Balaban J connectivity index is 1.70. The minimum atomic E-state index is -1.13. The molecule has 3 rings (SSSR count). The summed E-state index contributed by atoms with van der Waals surface area (Å²) in [5, 5.41) is 21.0. The molecule has 0 aliphatic heterocycles. The molecule has 11 nitrogen and oxygen atoms in total. The zero-order chi connectivity index (χ0) is 29.9. The van der Waals surface area contributed by atoms with Gasteiger partial charge in [-0.1, -0.05) is 54.6 Å². The summed E-state index contributed by atoms with van der Waals surface area (Å²) in [5.74, 6) is -2.84. The summed E-state index contributed by atoms with van der Waals surface area (Å²) in [6.07, 6.45) is -0.446. The number of rotatable bonds is 13. The molecule has 216 valence electrons. The predicted octanol–water partition coefficient (Wildman–Crippen LogP) is 2.39. The highest BCUT2D eigenvalue weighted by molar-refractivity contribution is 6.01. The normalized spacial score (nSPS) is 12.9. The van der Waals surface area contributed by atoms with Crippen LogP contribution in [-0.2, 0) is 30.4 Å². The molecule has 3 aromatic carbocycles. The molecule has 41 heavy (non-hydrogen) atoms. The summed E-state index contributed by atoms with van der Waals surface area (Å²) >= 11 is 0. The summed E-state index contributed by atoms with van der Waals surface area (Å²) in [5.41, 5.74) is 1.31. The van der Waals surface area contributed by atoms with Crippen molar-refractivity contribution in [1.82, 2.24) is 16.0 Å². The topological polar surface area (TPSA) is 163 Å². The van der Waals surface area contributed by atoms with Crippen LogP contribution in [0.15, 0.2) is 66.7 Å². The smallest absolute Gasteiger partial charge is 0.303 e. The van der Waals surface area contributed by atoms with E-state index in [0.717, 1.165) is 16.3 Å². The summed E-state index contributed by atoms with van der Waals surface area (Å²) < 4.78 is 5.49. The number of carboxylic acids is 1. The number of hydrogen-bond acceptors (Lipinski definition) is 6. The molecule has 3 aromatic rings. The van der Waals surface area contributed by atoms with Gasteiger partial charge in [-0.2, -0.15) is 0 Å². The van der Waals surface area contributed by atoms with Gasteiger partial charge in [0.05, 0.1) is 13.5 Å². The first-order valence-corrected chi connectivity index (χ1v) is 13.1. The van der Waals surface area contributed by atoms with Crippen molar-refractivity contribution < 1.29 is 33.8 Å². The van der Waals surface area contributed by atoms with E-state index in [2.05, 4.69) is 21.3 Å². The van der Waals surface area contributed by atoms with Crippen molar-refractivity contribution in [2.75, 3.05) is 12.4 Å². The molecule has 0 saturated carbocycles. The van der Waals surface area contributed by atoms with E-state index in [4.69, 9.17) is 9.84 Å². The third-order valence-corrected chi connectivity index (χ3v) is 6.32. The van der Waals surface area contributed by atoms with E-state index < -0.39 is 47.7 Å². The summed E-state index contributed by atoms with van der Waals surface area (Å²) in [7, 11) is 1.55. The number of aliphatic carboxylic acids is 1.